The highest BCUT2D eigenvalue weighted by Crippen LogP contribution is 2.45. The molecule has 8 heteroatoms. The molecular weight excluding hydrogens is 459 g/mol. The maximum atomic E-state index is 12.3. The number of carbonyl (C=O) groups is 1. The van der Waals surface area contributed by atoms with Crippen molar-refractivity contribution in [2.45, 2.75) is 39.5 Å². The van der Waals surface area contributed by atoms with Gasteiger partial charge in [0, 0.05) is 0 Å². The van der Waals surface area contributed by atoms with E-state index in [0.29, 0.717) is 23.8 Å². The van der Waals surface area contributed by atoms with Crippen molar-refractivity contribution in [3.05, 3.63) is 56.0 Å². The van der Waals surface area contributed by atoms with Gasteiger partial charge < -0.3 is 9.47 Å². The van der Waals surface area contributed by atoms with Crippen molar-refractivity contribution < 1.29 is 14.3 Å². The van der Waals surface area contributed by atoms with Crippen molar-refractivity contribution in [3.8, 4) is 23.6 Å². The fourth-order valence-electron chi connectivity index (χ4n) is 2.89. The Morgan fingerprint density at radius 1 is 1.00 bits per heavy atom. The zero-order valence-corrected chi connectivity index (χ0v) is 19.4. The van der Waals surface area contributed by atoms with Crippen LogP contribution in [0.3, 0.4) is 0 Å². The van der Waals surface area contributed by atoms with E-state index >= 15 is 0 Å². The minimum Gasteiger partial charge on any atom is -0.462 e. The Balaban J connectivity index is 2.15. The molecule has 0 heterocycles. The number of hydrogen-bond acceptors (Lipinski definition) is 5. The lowest BCUT2D eigenvalue weighted by molar-refractivity contribution is 0.0428. The van der Waals surface area contributed by atoms with Crippen LogP contribution in [0.4, 0.5) is 0 Å². The monoisotopic (exact) mass is 478 g/mol. The molecule has 31 heavy (non-hydrogen) atoms. The van der Waals surface area contributed by atoms with E-state index < -0.39 is 5.97 Å². The zero-order chi connectivity index (χ0) is 23.0. The number of nitrogens with zero attached hydrogens (tertiary/aromatic N) is 2. The Kier molecular flexibility index (Phi) is 9.46. The first kappa shape index (κ1) is 24.8. The van der Waals surface area contributed by atoms with E-state index in [-0.39, 0.29) is 31.9 Å². The van der Waals surface area contributed by atoms with E-state index in [2.05, 4.69) is 13.8 Å². The van der Waals surface area contributed by atoms with Gasteiger partial charge in [-0.1, -0.05) is 67.9 Å². The van der Waals surface area contributed by atoms with Gasteiger partial charge in [0.15, 0.2) is 5.75 Å². The minimum absolute atomic E-state index is 0.0408. The summed E-state index contributed by atoms with van der Waals surface area (Å²) in [6.45, 7) is 4.61. The van der Waals surface area contributed by atoms with Crippen LogP contribution < -0.4 is 4.74 Å². The summed E-state index contributed by atoms with van der Waals surface area (Å²) >= 11 is 18.5. The molecule has 0 N–H and O–H groups in total. The molecule has 162 valence electrons. The predicted molar refractivity (Wildman–Crippen MR) is 121 cm³/mol. The fourth-order valence-corrected chi connectivity index (χ4v) is 3.66. The number of benzene rings is 2. The molecule has 0 spiro atoms. The summed E-state index contributed by atoms with van der Waals surface area (Å²) in [5, 5.41) is 18.2. The Hall–Kier alpha value is -2.44. The lowest BCUT2D eigenvalue weighted by Gasteiger charge is -2.15. The Labute approximate surface area is 197 Å². The highest BCUT2D eigenvalue weighted by atomic mass is 35.5. The molecule has 0 amide bonds. The zero-order valence-electron chi connectivity index (χ0n) is 17.2. The van der Waals surface area contributed by atoms with Crippen LogP contribution >= 0.6 is 34.8 Å². The summed E-state index contributed by atoms with van der Waals surface area (Å²) in [7, 11) is 0. The molecule has 0 aromatic heterocycles. The molecule has 2 rings (SSSR count). The summed E-state index contributed by atoms with van der Waals surface area (Å²) in [6, 6.07) is 9.87. The summed E-state index contributed by atoms with van der Waals surface area (Å²) in [5.74, 6) is 0.220. The first-order valence-electron chi connectivity index (χ1n) is 9.83. The van der Waals surface area contributed by atoms with Crippen LogP contribution in [0.1, 0.15) is 61.0 Å². The van der Waals surface area contributed by atoms with Crippen molar-refractivity contribution >= 4 is 40.8 Å². The topological polar surface area (TPSA) is 83.1 Å². The normalized spacial score (nSPS) is 11.3. The van der Waals surface area contributed by atoms with Crippen LogP contribution in [0.5, 0.6) is 11.5 Å². The Morgan fingerprint density at radius 2 is 1.61 bits per heavy atom. The smallest absolute Gasteiger partial charge is 0.338 e. The predicted octanol–water partition coefficient (Wildman–Crippen LogP) is 7.56. The number of esters is 1. The van der Waals surface area contributed by atoms with Gasteiger partial charge in [-0.2, -0.15) is 10.5 Å². The van der Waals surface area contributed by atoms with E-state index in [1.165, 1.54) is 0 Å². The van der Waals surface area contributed by atoms with Crippen LogP contribution in [0, 0.1) is 28.6 Å². The third-order valence-corrected chi connectivity index (χ3v) is 6.00. The van der Waals surface area contributed by atoms with Crippen molar-refractivity contribution in [1.82, 2.24) is 0 Å². The fraction of sp³-hybridized carbons (Fsp3) is 0.348. The maximum Gasteiger partial charge on any atom is 0.338 e. The van der Waals surface area contributed by atoms with E-state index in [0.717, 1.165) is 25.7 Å². The molecule has 0 bridgehead atoms. The van der Waals surface area contributed by atoms with Gasteiger partial charge in [0.1, 0.15) is 27.9 Å². The van der Waals surface area contributed by atoms with Crippen molar-refractivity contribution in [2.75, 3.05) is 6.61 Å². The molecule has 1 atom stereocenters. The summed E-state index contributed by atoms with van der Waals surface area (Å²) < 4.78 is 11.1. The van der Waals surface area contributed by atoms with Crippen molar-refractivity contribution in [2.24, 2.45) is 5.92 Å². The molecule has 0 fully saturated rings. The first-order valence-corrected chi connectivity index (χ1v) is 11.0. The van der Waals surface area contributed by atoms with Gasteiger partial charge >= 0.3 is 5.97 Å². The molecule has 0 aliphatic carbocycles. The molecule has 0 radical (unpaired) electrons. The number of nitriles is 2. The van der Waals surface area contributed by atoms with E-state index in [9.17, 15) is 15.3 Å². The van der Waals surface area contributed by atoms with Crippen LogP contribution in [-0.4, -0.2) is 12.6 Å². The number of ether oxygens (including phenoxy) is 2. The average molecular weight is 480 g/mol. The van der Waals surface area contributed by atoms with Gasteiger partial charge in [-0.05, 0) is 36.6 Å². The highest BCUT2D eigenvalue weighted by Gasteiger charge is 2.23. The van der Waals surface area contributed by atoms with Crippen molar-refractivity contribution in [3.63, 3.8) is 0 Å². The largest absolute Gasteiger partial charge is 0.462 e. The number of halogens is 3. The number of carbonyl (C=O) groups excluding carboxylic acids is 1. The van der Waals surface area contributed by atoms with Gasteiger partial charge in [-0.15, -0.1) is 0 Å². The summed E-state index contributed by atoms with van der Waals surface area (Å²) in [6.07, 6.45) is 4.21. The number of unbranched alkanes of at least 4 members (excludes halogenated alkanes) is 1. The maximum absolute atomic E-state index is 12.3. The molecule has 0 aliphatic rings. The van der Waals surface area contributed by atoms with E-state index in [4.69, 9.17) is 44.3 Å². The standard InChI is InChI=1S/C23H21Cl3N2O3/c1-3-5-6-14(4-2)13-30-23(29)15-7-9-16(10-8-15)31-22-20(25)18(12-28)17(11-27)19(24)21(22)26/h7-10,14H,3-6,13H2,1-2H3. The molecule has 2 aromatic rings. The van der Waals surface area contributed by atoms with Gasteiger partial charge in [-0.25, -0.2) is 4.79 Å². The van der Waals surface area contributed by atoms with Crippen LogP contribution in [0.25, 0.3) is 0 Å². The number of hydrogen-bond donors (Lipinski definition) is 0. The second kappa shape index (κ2) is 11.8. The Bertz CT molecular complexity index is 1020. The molecule has 0 saturated heterocycles. The number of rotatable bonds is 9. The van der Waals surface area contributed by atoms with Crippen molar-refractivity contribution in [1.29, 1.82) is 10.5 Å². The SMILES string of the molecule is CCCCC(CC)COC(=O)c1ccc(Oc2c(Cl)c(Cl)c(C#N)c(C#N)c2Cl)cc1. The molecular formula is C23H21Cl3N2O3. The third kappa shape index (κ3) is 6.05. The molecule has 0 aliphatic heterocycles. The lowest BCUT2D eigenvalue weighted by Crippen LogP contribution is -2.14. The first-order chi connectivity index (χ1) is 14.9. The quantitative estimate of drug-likeness (QED) is 0.274. The molecule has 5 nitrogen and oxygen atoms in total. The van der Waals surface area contributed by atoms with Gasteiger partial charge in [0.05, 0.1) is 28.3 Å². The Morgan fingerprint density at radius 3 is 2.16 bits per heavy atom. The van der Waals surface area contributed by atoms with E-state index in [1.807, 2.05) is 12.1 Å². The van der Waals surface area contributed by atoms with E-state index in [1.54, 1.807) is 24.3 Å². The minimum atomic E-state index is -0.411. The van der Waals surface area contributed by atoms with Gasteiger partial charge in [0.2, 0.25) is 0 Å². The third-order valence-electron chi connectivity index (χ3n) is 4.81. The van der Waals surface area contributed by atoms with Gasteiger partial charge in [-0.3, -0.25) is 0 Å². The molecule has 2 aromatic carbocycles. The average Bonchev–Trinajstić information content (AvgIpc) is 2.79. The summed E-state index contributed by atoms with van der Waals surface area (Å²) in [5.41, 5.74) is 0.140. The highest BCUT2D eigenvalue weighted by molar-refractivity contribution is 6.46. The molecule has 1 unspecified atom stereocenters. The van der Waals surface area contributed by atoms with Gasteiger partial charge in [0.25, 0.3) is 0 Å². The second-order valence-corrected chi connectivity index (χ2v) is 8.02. The van der Waals surface area contributed by atoms with Crippen LogP contribution in [0.15, 0.2) is 24.3 Å². The molecule has 0 saturated carbocycles. The van der Waals surface area contributed by atoms with Crippen LogP contribution in [-0.2, 0) is 4.74 Å². The second-order valence-electron chi connectivity index (χ2n) is 6.89. The lowest BCUT2D eigenvalue weighted by atomic mass is 10.0. The van der Waals surface area contributed by atoms with Crippen LogP contribution in [0.2, 0.25) is 15.1 Å². The summed E-state index contributed by atoms with van der Waals surface area (Å²) in [4.78, 5) is 12.3.